The van der Waals surface area contributed by atoms with E-state index in [1.807, 2.05) is 0 Å². The highest BCUT2D eigenvalue weighted by Gasteiger charge is 2.19. The number of unbranched alkanes of at least 4 members (excludes halogenated alkanes) is 51. The summed E-state index contributed by atoms with van der Waals surface area (Å²) < 4.78 is 16.9. The van der Waals surface area contributed by atoms with Gasteiger partial charge in [-0.15, -0.1) is 0 Å². The molecule has 0 aliphatic rings. The van der Waals surface area contributed by atoms with Crippen LogP contribution in [0.25, 0.3) is 0 Å². The molecule has 0 fully saturated rings. The minimum Gasteiger partial charge on any atom is -0.462 e. The second-order valence-corrected chi connectivity index (χ2v) is 24.1. The zero-order valence-corrected chi connectivity index (χ0v) is 53.0. The molecule has 0 bridgehead atoms. The van der Waals surface area contributed by atoms with Gasteiger partial charge in [-0.1, -0.05) is 334 Å². The molecule has 1 unspecified atom stereocenters. The monoisotopic (exact) mass is 1100 g/mol. The van der Waals surface area contributed by atoms with Crippen LogP contribution < -0.4 is 0 Å². The van der Waals surface area contributed by atoms with E-state index in [9.17, 15) is 14.4 Å². The maximum Gasteiger partial charge on any atom is 0.306 e. The zero-order chi connectivity index (χ0) is 56.4. The molecule has 0 aromatic carbocycles. The molecule has 0 heterocycles. The number of hydrogen-bond donors (Lipinski definition) is 0. The van der Waals surface area contributed by atoms with Gasteiger partial charge in [-0.05, 0) is 70.6 Å². The van der Waals surface area contributed by atoms with Crippen LogP contribution in [0.4, 0.5) is 0 Å². The normalized spacial score (nSPS) is 12.1. The second kappa shape index (κ2) is 67.4. The molecule has 6 nitrogen and oxygen atoms in total. The van der Waals surface area contributed by atoms with E-state index in [-0.39, 0.29) is 31.1 Å². The maximum atomic E-state index is 12.9. The molecule has 0 aromatic heterocycles. The van der Waals surface area contributed by atoms with E-state index < -0.39 is 6.10 Å². The molecule has 0 saturated heterocycles. The van der Waals surface area contributed by atoms with Gasteiger partial charge in [0.2, 0.25) is 0 Å². The molecule has 0 spiro atoms. The SMILES string of the molecule is CCCCCCCC/C=C\CCCCCCCCCCCC(=O)OC(COC(=O)CCCCCCCCCCCC)COC(=O)CCCCCCCCCCCCCCCCCCCCC/C=C\CCCCCCCCCC. The van der Waals surface area contributed by atoms with Crippen LogP contribution in [0, 0.1) is 0 Å². The number of carbonyl (C=O) groups is 3. The fraction of sp³-hybridized carbons (Fsp3) is 0.903. The molecular formula is C72H136O6. The van der Waals surface area contributed by atoms with Crippen LogP contribution in [-0.4, -0.2) is 37.2 Å². The lowest BCUT2D eigenvalue weighted by atomic mass is 10.0. The third kappa shape index (κ3) is 64.7. The molecule has 1 atom stereocenters. The lowest BCUT2D eigenvalue weighted by Gasteiger charge is -2.18. The fourth-order valence-electron chi connectivity index (χ4n) is 10.8. The standard InChI is InChI=1S/C72H136O6/c1-4-7-10-13-16-19-22-24-26-28-30-31-32-33-34-35-36-37-38-39-40-41-43-44-46-48-50-53-56-59-62-65-71(74)77-68-69(67-76-70(73)64-61-58-55-52-21-18-15-12-9-6-3)78-72(75)66-63-60-57-54-51-49-47-45-42-29-27-25-23-20-17-14-11-8-5-2/h25,27-28,30,69H,4-24,26,29,31-68H2,1-3H3/b27-25-,30-28-. The summed E-state index contributed by atoms with van der Waals surface area (Å²) in [6.45, 7) is 6.69. The third-order valence-electron chi connectivity index (χ3n) is 16.2. The van der Waals surface area contributed by atoms with Crippen LogP contribution in [-0.2, 0) is 28.6 Å². The predicted octanol–water partition coefficient (Wildman–Crippen LogP) is 24.2. The van der Waals surface area contributed by atoms with Crippen LogP contribution >= 0.6 is 0 Å². The summed E-state index contributed by atoms with van der Waals surface area (Å²) in [5.41, 5.74) is 0. The molecule has 6 heteroatoms. The Morgan fingerprint density at radius 3 is 0.641 bits per heavy atom. The maximum absolute atomic E-state index is 12.9. The summed E-state index contributed by atoms with van der Waals surface area (Å²) in [4.78, 5) is 38.3. The average molecular weight is 1100 g/mol. The Balaban J connectivity index is 4.07. The molecule has 0 saturated carbocycles. The van der Waals surface area contributed by atoms with E-state index in [1.54, 1.807) is 0 Å². The minimum atomic E-state index is -0.768. The molecule has 0 radical (unpaired) electrons. The van der Waals surface area contributed by atoms with Gasteiger partial charge in [0, 0.05) is 19.3 Å². The van der Waals surface area contributed by atoms with Crippen molar-refractivity contribution in [1.82, 2.24) is 0 Å². The Bertz CT molecular complexity index is 1260. The lowest BCUT2D eigenvalue weighted by molar-refractivity contribution is -0.167. The van der Waals surface area contributed by atoms with Gasteiger partial charge in [-0.3, -0.25) is 14.4 Å². The smallest absolute Gasteiger partial charge is 0.306 e. The summed E-state index contributed by atoms with van der Waals surface area (Å²) >= 11 is 0. The van der Waals surface area contributed by atoms with Crippen molar-refractivity contribution >= 4 is 17.9 Å². The number of carbonyl (C=O) groups excluding carboxylic acids is 3. The van der Waals surface area contributed by atoms with Crippen molar-refractivity contribution in [2.24, 2.45) is 0 Å². The molecule has 78 heavy (non-hydrogen) atoms. The molecule has 0 aliphatic carbocycles. The van der Waals surface area contributed by atoms with Crippen molar-refractivity contribution in [3.05, 3.63) is 24.3 Å². The first-order chi connectivity index (χ1) is 38.5. The molecule has 460 valence electrons. The zero-order valence-electron chi connectivity index (χ0n) is 53.0. The Hall–Kier alpha value is -2.11. The second-order valence-electron chi connectivity index (χ2n) is 24.1. The molecule has 0 amide bonds. The van der Waals surface area contributed by atoms with E-state index in [2.05, 4.69) is 45.1 Å². The van der Waals surface area contributed by atoms with Gasteiger partial charge >= 0.3 is 17.9 Å². The summed E-state index contributed by atoms with van der Waals surface area (Å²) in [5.74, 6) is -0.841. The van der Waals surface area contributed by atoms with Crippen molar-refractivity contribution in [3.63, 3.8) is 0 Å². The van der Waals surface area contributed by atoms with Gasteiger partial charge in [0.25, 0.3) is 0 Å². The third-order valence-corrected chi connectivity index (χ3v) is 16.2. The van der Waals surface area contributed by atoms with Crippen molar-refractivity contribution in [2.75, 3.05) is 13.2 Å². The number of ether oxygens (including phenoxy) is 3. The first-order valence-electron chi connectivity index (χ1n) is 35.3. The van der Waals surface area contributed by atoms with Crippen LogP contribution in [0.5, 0.6) is 0 Å². The van der Waals surface area contributed by atoms with Crippen LogP contribution in [0.15, 0.2) is 24.3 Å². The largest absolute Gasteiger partial charge is 0.462 e. The topological polar surface area (TPSA) is 78.9 Å². The van der Waals surface area contributed by atoms with Crippen molar-refractivity contribution < 1.29 is 28.6 Å². The van der Waals surface area contributed by atoms with Crippen molar-refractivity contribution in [3.8, 4) is 0 Å². The Morgan fingerprint density at radius 1 is 0.244 bits per heavy atom. The van der Waals surface area contributed by atoms with E-state index in [4.69, 9.17) is 14.2 Å². The highest BCUT2D eigenvalue weighted by molar-refractivity contribution is 5.71. The van der Waals surface area contributed by atoms with Gasteiger partial charge in [-0.25, -0.2) is 0 Å². The van der Waals surface area contributed by atoms with Gasteiger partial charge in [-0.2, -0.15) is 0 Å². The molecular weight excluding hydrogens is 961 g/mol. The molecule has 0 N–H and O–H groups in total. The van der Waals surface area contributed by atoms with Crippen LogP contribution in [0.3, 0.4) is 0 Å². The molecule has 0 aromatic rings. The highest BCUT2D eigenvalue weighted by Crippen LogP contribution is 2.18. The molecule has 0 rings (SSSR count). The molecule has 0 aliphatic heterocycles. The average Bonchev–Trinajstić information content (AvgIpc) is 3.44. The number of allylic oxidation sites excluding steroid dienone is 4. The van der Waals surface area contributed by atoms with E-state index in [0.717, 1.165) is 57.8 Å². The van der Waals surface area contributed by atoms with Crippen molar-refractivity contribution in [1.29, 1.82) is 0 Å². The predicted molar refractivity (Wildman–Crippen MR) is 340 cm³/mol. The number of rotatable bonds is 66. The minimum absolute atomic E-state index is 0.0658. The van der Waals surface area contributed by atoms with E-state index >= 15 is 0 Å². The summed E-state index contributed by atoms with van der Waals surface area (Å²) in [5, 5.41) is 0. The summed E-state index contributed by atoms with van der Waals surface area (Å²) in [6, 6.07) is 0. The number of hydrogen-bond acceptors (Lipinski definition) is 6. The Labute approximate surface area is 487 Å². The fourth-order valence-corrected chi connectivity index (χ4v) is 10.8. The quantitative estimate of drug-likeness (QED) is 0.0261. The van der Waals surface area contributed by atoms with Gasteiger partial charge < -0.3 is 14.2 Å². The van der Waals surface area contributed by atoms with E-state index in [0.29, 0.717) is 19.3 Å². The Kier molecular flexibility index (Phi) is 65.6. The van der Waals surface area contributed by atoms with Gasteiger partial charge in [0.1, 0.15) is 13.2 Å². The van der Waals surface area contributed by atoms with Crippen LogP contribution in [0.1, 0.15) is 400 Å². The number of esters is 3. The van der Waals surface area contributed by atoms with Crippen molar-refractivity contribution in [2.45, 2.75) is 406 Å². The summed E-state index contributed by atoms with van der Waals surface area (Å²) in [6.07, 6.45) is 82.3. The van der Waals surface area contributed by atoms with Gasteiger partial charge in [0.05, 0.1) is 0 Å². The first-order valence-corrected chi connectivity index (χ1v) is 35.3. The van der Waals surface area contributed by atoms with Gasteiger partial charge in [0.15, 0.2) is 6.10 Å². The van der Waals surface area contributed by atoms with E-state index in [1.165, 1.54) is 302 Å². The Morgan fingerprint density at radius 2 is 0.423 bits per heavy atom. The lowest BCUT2D eigenvalue weighted by Crippen LogP contribution is -2.30. The first kappa shape index (κ1) is 75.9. The highest BCUT2D eigenvalue weighted by atomic mass is 16.6. The van der Waals surface area contributed by atoms with Crippen LogP contribution in [0.2, 0.25) is 0 Å². The summed E-state index contributed by atoms with van der Waals surface area (Å²) in [7, 11) is 0.